The minimum absolute atomic E-state index is 0.379. The molecule has 2 aromatic heterocycles. The number of aromatic amines is 1. The van der Waals surface area contributed by atoms with Crippen molar-refractivity contribution < 1.29 is 4.74 Å². The summed E-state index contributed by atoms with van der Waals surface area (Å²) < 4.78 is 5.58. The van der Waals surface area contributed by atoms with Gasteiger partial charge in [0.25, 0.3) is 0 Å². The Labute approximate surface area is 117 Å². The maximum atomic E-state index is 5.58. The number of hydrogen-bond donors (Lipinski definition) is 3. The highest BCUT2D eigenvalue weighted by Gasteiger charge is 2.30. The van der Waals surface area contributed by atoms with Crippen LogP contribution in [0.3, 0.4) is 0 Å². The molecule has 0 unspecified atom stereocenters. The first-order valence-electron chi connectivity index (χ1n) is 7.13. The molecule has 7 nitrogen and oxygen atoms in total. The maximum Gasteiger partial charge on any atom is 0.226 e. The van der Waals surface area contributed by atoms with Crippen LogP contribution >= 0.6 is 0 Å². The molecule has 0 saturated heterocycles. The lowest BCUT2D eigenvalue weighted by atomic mass is 9.89. The summed E-state index contributed by atoms with van der Waals surface area (Å²) in [7, 11) is 0. The molecule has 0 aromatic carbocycles. The van der Waals surface area contributed by atoms with E-state index in [-0.39, 0.29) is 0 Å². The van der Waals surface area contributed by atoms with E-state index in [1.165, 1.54) is 0 Å². The fourth-order valence-corrected chi connectivity index (χ4v) is 2.42. The number of nitrogens with one attached hydrogen (secondary N) is 3. The third-order valence-corrected chi connectivity index (χ3v) is 3.46. The van der Waals surface area contributed by atoms with E-state index < -0.39 is 0 Å². The van der Waals surface area contributed by atoms with Crippen LogP contribution in [-0.2, 0) is 4.74 Å². The number of ether oxygens (including phenoxy) is 1. The van der Waals surface area contributed by atoms with Gasteiger partial charge in [-0.3, -0.25) is 0 Å². The predicted octanol–water partition coefficient (Wildman–Crippen LogP) is 1.76. The highest BCUT2D eigenvalue weighted by molar-refractivity contribution is 5.83. The molecule has 1 fully saturated rings. The molecule has 0 amide bonds. The molecular weight excluding hydrogens is 256 g/mol. The van der Waals surface area contributed by atoms with Crippen LogP contribution in [0.15, 0.2) is 6.33 Å². The van der Waals surface area contributed by atoms with Gasteiger partial charge in [0.1, 0.15) is 5.52 Å². The summed E-state index contributed by atoms with van der Waals surface area (Å²) in [6, 6.07) is 0.405. The molecular formula is C13H20N6O. The van der Waals surface area contributed by atoms with E-state index in [1.54, 1.807) is 6.33 Å². The van der Waals surface area contributed by atoms with E-state index in [2.05, 4.69) is 30.6 Å². The van der Waals surface area contributed by atoms with Gasteiger partial charge in [-0.15, -0.1) is 0 Å². The Morgan fingerprint density at radius 1 is 1.35 bits per heavy atom. The van der Waals surface area contributed by atoms with Gasteiger partial charge < -0.3 is 20.4 Å². The standard InChI is InChI=1S/C13H20N6O/c1-3-14-13-18-11-10(15-7-16-11)12(19-13)17-8-5-9(6-8)20-4-2/h7-9H,3-6H2,1-2H3,(H3,14,15,16,17,18,19). The average molecular weight is 276 g/mol. The number of hydrogen-bond acceptors (Lipinski definition) is 6. The Balaban J connectivity index is 1.75. The lowest BCUT2D eigenvalue weighted by molar-refractivity contribution is 0.00295. The summed E-state index contributed by atoms with van der Waals surface area (Å²) in [5, 5.41) is 6.58. The van der Waals surface area contributed by atoms with Gasteiger partial charge in [-0.2, -0.15) is 9.97 Å². The first-order chi connectivity index (χ1) is 9.80. The molecule has 0 spiro atoms. The Hall–Kier alpha value is -1.89. The second-order valence-corrected chi connectivity index (χ2v) is 4.92. The Kier molecular flexibility index (Phi) is 3.68. The third kappa shape index (κ3) is 2.53. The van der Waals surface area contributed by atoms with Crippen LogP contribution < -0.4 is 10.6 Å². The molecule has 0 radical (unpaired) electrons. The van der Waals surface area contributed by atoms with Crippen molar-refractivity contribution in [1.29, 1.82) is 0 Å². The topological polar surface area (TPSA) is 87.8 Å². The van der Waals surface area contributed by atoms with Crippen molar-refractivity contribution in [3.05, 3.63) is 6.33 Å². The first kappa shape index (κ1) is 13.1. The van der Waals surface area contributed by atoms with Gasteiger partial charge in [0, 0.05) is 19.2 Å². The minimum Gasteiger partial charge on any atom is -0.378 e. The van der Waals surface area contributed by atoms with Gasteiger partial charge in [0.05, 0.1) is 12.4 Å². The Morgan fingerprint density at radius 2 is 2.20 bits per heavy atom. The Bertz CT molecular complexity index is 577. The van der Waals surface area contributed by atoms with E-state index in [9.17, 15) is 0 Å². The molecule has 2 heterocycles. The van der Waals surface area contributed by atoms with E-state index in [0.717, 1.165) is 37.3 Å². The molecule has 108 valence electrons. The number of anilines is 2. The van der Waals surface area contributed by atoms with Crippen LogP contribution in [0, 0.1) is 0 Å². The average Bonchev–Trinajstić information content (AvgIpc) is 2.85. The lowest BCUT2D eigenvalue weighted by Crippen LogP contribution is -2.41. The Morgan fingerprint density at radius 3 is 2.95 bits per heavy atom. The van der Waals surface area contributed by atoms with Crippen molar-refractivity contribution in [2.24, 2.45) is 0 Å². The summed E-state index contributed by atoms with van der Waals surface area (Å²) >= 11 is 0. The molecule has 0 aliphatic heterocycles. The van der Waals surface area contributed by atoms with Crippen molar-refractivity contribution in [3.8, 4) is 0 Å². The molecule has 3 rings (SSSR count). The SMILES string of the molecule is CCNc1nc(NC2CC(OCC)C2)c2[nH]cnc2n1. The second-order valence-electron chi connectivity index (χ2n) is 4.92. The summed E-state index contributed by atoms with van der Waals surface area (Å²) in [5.41, 5.74) is 1.53. The number of nitrogens with zero attached hydrogens (tertiary/aromatic N) is 3. The molecule has 1 saturated carbocycles. The highest BCUT2D eigenvalue weighted by atomic mass is 16.5. The fourth-order valence-electron chi connectivity index (χ4n) is 2.42. The van der Waals surface area contributed by atoms with Gasteiger partial charge in [0.2, 0.25) is 5.95 Å². The smallest absolute Gasteiger partial charge is 0.226 e. The van der Waals surface area contributed by atoms with Crippen molar-refractivity contribution in [1.82, 2.24) is 19.9 Å². The molecule has 1 aliphatic rings. The lowest BCUT2D eigenvalue weighted by Gasteiger charge is -2.35. The van der Waals surface area contributed by atoms with Gasteiger partial charge in [0.15, 0.2) is 11.5 Å². The second kappa shape index (κ2) is 5.62. The van der Waals surface area contributed by atoms with Gasteiger partial charge in [-0.1, -0.05) is 0 Å². The fraction of sp³-hybridized carbons (Fsp3) is 0.615. The van der Waals surface area contributed by atoms with Crippen molar-refractivity contribution in [2.45, 2.75) is 38.8 Å². The van der Waals surface area contributed by atoms with Gasteiger partial charge in [-0.05, 0) is 26.7 Å². The van der Waals surface area contributed by atoms with E-state index in [4.69, 9.17) is 4.74 Å². The third-order valence-electron chi connectivity index (χ3n) is 3.46. The van der Waals surface area contributed by atoms with Crippen LogP contribution in [0.5, 0.6) is 0 Å². The summed E-state index contributed by atoms with van der Waals surface area (Å²) in [6.45, 7) is 5.61. The van der Waals surface area contributed by atoms with E-state index in [1.807, 2.05) is 13.8 Å². The number of fused-ring (bicyclic) bond motifs is 1. The minimum atomic E-state index is 0.379. The van der Waals surface area contributed by atoms with Crippen LogP contribution in [0.25, 0.3) is 11.2 Å². The van der Waals surface area contributed by atoms with Crippen molar-refractivity contribution in [3.63, 3.8) is 0 Å². The van der Waals surface area contributed by atoms with Gasteiger partial charge >= 0.3 is 0 Å². The van der Waals surface area contributed by atoms with Crippen LogP contribution in [0.4, 0.5) is 11.8 Å². The zero-order chi connectivity index (χ0) is 13.9. The summed E-state index contributed by atoms with van der Waals surface area (Å²) in [6.07, 6.45) is 4.06. The first-order valence-corrected chi connectivity index (χ1v) is 7.13. The van der Waals surface area contributed by atoms with Crippen molar-refractivity contribution >= 4 is 22.9 Å². The van der Waals surface area contributed by atoms with Gasteiger partial charge in [-0.25, -0.2) is 4.98 Å². The number of aromatic nitrogens is 4. The van der Waals surface area contributed by atoms with Crippen molar-refractivity contribution in [2.75, 3.05) is 23.8 Å². The molecule has 2 aromatic rings. The summed E-state index contributed by atoms with van der Waals surface area (Å²) in [4.78, 5) is 16.2. The largest absolute Gasteiger partial charge is 0.378 e. The number of H-pyrrole nitrogens is 1. The zero-order valence-corrected chi connectivity index (χ0v) is 11.8. The zero-order valence-electron chi connectivity index (χ0n) is 11.8. The molecule has 1 aliphatic carbocycles. The summed E-state index contributed by atoms with van der Waals surface area (Å²) in [5.74, 6) is 1.42. The highest BCUT2D eigenvalue weighted by Crippen LogP contribution is 2.28. The molecule has 7 heteroatoms. The van der Waals surface area contributed by atoms with Crippen LogP contribution in [-0.4, -0.2) is 45.2 Å². The quantitative estimate of drug-likeness (QED) is 0.745. The molecule has 20 heavy (non-hydrogen) atoms. The van der Waals surface area contributed by atoms with Crippen LogP contribution in [0.1, 0.15) is 26.7 Å². The normalized spacial score (nSPS) is 21.7. The van der Waals surface area contributed by atoms with E-state index >= 15 is 0 Å². The number of imidazole rings is 1. The number of rotatable bonds is 6. The predicted molar refractivity (Wildman–Crippen MR) is 77.9 cm³/mol. The maximum absolute atomic E-state index is 5.58. The van der Waals surface area contributed by atoms with Crippen LogP contribution in [0.2, 0.25) is 0 Å². The molecule has 3 N–H and O–H groups in total. The van der Waals surface area contributed by atoms with E-state index in [0.29, 0.717) is 23.7 Å². The molecule has 0 bridgehead atoms. The monoisotopic (exact) mass is 276 g/mol. The molecule has 0 atom stereocenters.